The fraction of sp³-hybridized carbons (Fsp3) is 0.500. The first-order chi connectivity index (χ1) is 14.1. The van der Waals surface area contributed by atoms with Gasteiger partial charge in [0.05, 0.1) is 25.6 Å². The Labute approximate surface area is 171 Å². The molecule has 4 rings (SSSR count). The second kappa shape index (κ2) is 8.96. The van der Waals surface area contributed by atoms with Crippen LogP contribution in [0.4, 0.5) is 11.8 Å². The van der Waals surface area contributed by atoms with Gasteiger partial charge in [0.25, 0.3) is 0 Å². The maximum absolute atomic E-state index is 13.0. The molecule has 0 amide bonds. The number of aromatic nitrogens is 2. The van der Waals surface area contributed by atoms with Crippen molar-refractivity contribution in [3.05, 3.63) is 42.1 Å². The number of sulfonamides is 1. The summed E-state index contributed by atoms with van der Waals surface area (Å²) in [5.74, 6) is 1.87. The summed E-state index contributed by atoms with van der Waals surface area (Å²) in [5.41, 5.74) is 0.886. The summed E-state index contributed by atoms with van der Waals surface area (Å²) in [6.07, 6.45) is 3.76. The average molecular weight is 419 g/mol. The Bertz CT molecular complexity index is 917. The van der Waals surface area contributed by atoms with Gasteiger partial charge >= 0.3 is 0 Å². The monoisotopic (exact) mass is 418 g/mol. The van der Waals surface area contributed by atoms with Crippen molar-refractivity contribution >= 4 is 21.8 Å². The van der Waals surface area contributed by atoms with Gasteiger partial charge in [-0.15, -0.1) is 0 Å². The molecule has 0 radical (unpaired) electrons. The normalized spacial score (nSPS) is 17.1. The average Bonchev–Trinajstić information content (AvgIpc) is 2.77. The van der Waals surface area contributed by atoms with E-state index in [1.807, 2.05) is 35.2 Å². The van der Waals surface area contributed by atoms with Gasteiger partial charge in [0.15, 0.2) is 5.82 Å². The second-order valence-corrected chi connectivity index (χ2v) is 9.14. The van der Waals surface area contributed by atoms with Gasteiger partial charge in [0, 0.05) is 31.4 Å². The van der Waals surface area contributed by atoms with Gasteiger partial charge in [0.2, 0.25) is 16.0 Å². The zero-order valence-electron chi connectivity index (χ0n) is 16.4. The molecule has 29 heavy (non-hydrogen) atoms. The molecule has 8 nitrogen and oxygen atoms in total. The first-order valence-corrected chi connectivity index (χ1v) is 11.6. The highest BCUT2D eigenvalue weighted by Gasteiger charge is 2.30. The summed E-state index contributed by atoms with van der Waals surface area (Å²) >= 11 is 0. The van der Waals surface area contributed by atoms with Crippen LogP contribution in [0.3, 0.4) is 0 Å². The lowest BCUT2D eigenvalue weighted by Crippen LogP contribution is -2.40. The zero-order chi connectivity index (χ0) is 20.1. The van der Waals surface area contributed by atoms with Crippen LogP contribution in [0.5, 0.6) is 5.75 Å². The molecule has 2 aliphatic rings. The number of hydrogen-bond acceptors (Lipinski definition) is 7. The Kier molecular flexibility index (Phi) is 6.15. The third-order valence-corrected chi connectivity index (χ3v) is 6.89. The van der Waals surface area contributed by atoms with E-state index in [9.17, 15) is 8.42 Å². The summed E-state index contributed by atoms with van der Waals surface area (Å²) in [5, 5.41) is 0. The molecule has 1 aromatic carbocycles. The first-order valence-electron chi connectivity index (χ1n) is 10.0. The predicted molar refractivity (Wildman–Crippen MR) is 111 cm³/mol. The van der Waals surface area contributed by atoms with Gasteiger partial charge in [-0.05, 0) is 31.4 Å². The summed E-state index contributed by atoms with van der Waals surface area (Å²) in [7, 11) is -3.48. The lowest BCUT2D eigenvalue weighted by molar-refractivity contribution is 0.122. The Morgan fingerprint density at radius 1 is 1.10 bits per heavy atom. The Morgan fingerprint density at radius 2 is 1.90 bits per heavy atom. The summed E-state index contributed by atoms with van der Waals surface area (Å²) < 4.78 is 38.5. The quantitative estimate of drug-likeness (QED) is 0.635. The van der Waals surface area contributed by atoms with Crippen LogP contribution in [0.1, 0.15) is 18.4 Å². The highest BCUT2D eigenvalue weighted by Crippen LogP contribution is 2.29. The molecule has 0 bridgehead atoms. The largest absolute Gasteiger partial charge is 0.494 e. The lowest BCUT2D eigenvalue weighted by Gasteiger charge is -2.31. The number of fused-ring (bicyclic) bond motifs is 1. The van der Waals surface area contributed by atoms with E-state index in [0.29, 0.717) is 57.6 Å². The number of aryl methyl sites for hydroxylation is 1. The highest BCUT2D eigenvalue weighted by molar-refractivity contribution is 7.92. The van der Waals surface area contributed by atoms with Gasteiger partial charge in [-0.1, -0.05) is 18.2 Å². The number of hydrogen-bond donors (Lipinski definition) is 0. The number of rotatable bonds is 7. The van der Waals surface area contributed by atoms with Crippen LogP contribution in [0.2, 0.25) is 0 Å². The van der Waals surface area contributed by atoms with E-state index in [4.69, 9.17) is 9.47 Å². The van der Waals surface area contributed by atoms with Crippen LogP contribution in [0, 0.1) is 0 Å². The summed E-state index contributed by atoms with van der Waals surface area (Å²) in [6.45, 7) is 3.49. The standard InChI is InChI=1S/C20H26N4O4S/c25-29(26,15-5-12-28-18-7-2-1-3-8-18)24-9-4-6-17-16-21-20(22-19(17)24)23-10-13-27-14-11-23/h1-3,7-8,16H,4-6,9-15H2. The summed E-state index contributed by atoms with van der Waals surface area (Å²) in [4.78, 5) is 11.1. The fourth-order valence-electron chi connectivity index (χ4n) is 3.54. The molecule has 9 heteroatoms. The van der Waals surface area contributed by atoms with Crippen molar-refractivity contribution in [3.8, 4) is 5.75 Å². The molecule has 0 unspecified atom stereocenters. The molecule has 2 aromatic rings. The molecule has 0 atom stereocenters. The minimum atomic E-state index is -3.48. The molecular weight excluding hydrogens is 392 g/mol. The number of morpholine rings is 1. The Hall–Kier alpha value is -2.39. The van der Waals surface area contributed by atoms with Crippen LogP contribution in [-0.4, -0.2) is 63.6 Å². The Balaban J connectivity index is 1.44. The zero-order valence-corrected chi connectivity index (χ0v) is 17.2. The van der Waals surface area contributed by atoms with E-state index in [0.717, 1.165) is 24.2 Å². The van der Waals surface area contributed by atoms with E-state index in [1.165, 1.54) is 4.31 Å². The van der Waals surface area contributed by atoms with E-state index in [1.54, 1.807) is 6.20 Å². The van der Waals surface area contributed by atoms with Crippen LogP contribution >= 0.6 is 0 Å². The molecule has 0 saturated carbocycles. The van der Waals surface area contributed by atoms with Crippen molar-refractivity contribution < 1.29 is 17.9 Å². The van der Waals surface area contributed by atoms with Crippen LogP contribution in [0.25, 0.3) is 0 Å². The van der Waals surface area contributed by atoms with E-state index >= 15 is 0 Å². The van der Waals surface area contributed by atoms with Gasteiger partial charge in [-0.25, -0.2) is 13.4 Å². The van der Waals surface area contributed by atoms with Crippen molar-refractivity contribution in [2.45, 2.75) is 19.3 Å². The van der Waals surface area contributed by atoms with Crippen molar-refractivity contribution in [2.24, 2.45) is 0 Å². The number of para-hydroxylation sites is 1. The first kappa shape index (κ1) is 19.9. The summed E-state index contributed by atoms with van der Waals surface area (Å²) in [6, 6.07) is 9.42. The highest BCUT2D eigenvalue weighted by atomic mass is 32.2. The molecule has 3 heterocycles. The molecule has 0 aliphatic carbocycles. The minimum Gasteiger partial charge on any atom is -0.494 e. The number of anilines is 2. The van der Waals surface area contributed by atoms with Crippen LogP contribution in [0.15, 0.2) is 36.5 Å². The van der Waals surface area contributed by atoms with Gasteiger partial charge in [-0.3, -0.25) is 4.31 Å². The molecule has 0 spiro atoms. The molecule has 1 saturated heterocycles. The minimum absolute atomic E-state index is 0.0240. The van der Waals surface area contributed by atoms with E-state index in [2.05, 4.69) is 9.97 Å². The number of nitrogens with zero attached hydrogens (tertiary/aromatic N) is 4. The smallest absolute Gasteiger partial charge is 0.236 e. The Morgan fingerprint density at radius 3 is 2.69 bits per heavy atom. The van der Waals surface area contributed by atoms with Crippen LogP contribution < -0.4 is 13.9 Å². The topological polar surface area (TPSA) is 84.9 Å². The third kappa shape index (κ3) is 4.79. The van der Waals surface area contributed by atoms with Gasteiger partial charge in [-0.2, -0.15) is 4.98 Å². The molecule has 156 valence electrons. The predicted octanol–water partition coefficient (Wildman–Crippen LogP) is 1.86. The maximum Gasteiger partial charge on any atom is 0.236 e. The van der Waals surface area contributed by atoms with E-state index in [-0.39, 0.29) is 5.75 Å². The lowest BCUT2D eigenvalue weighted by atomic mass is 10.1. The van der Waals surface area contributed by atoms with Crippen molar-refractivity contribution in [1.82, 2.24) is 9.97 Å². The second-order valence-electron chi connectivity index (χ2n) is 7.13. The third-order valence-electron chi connectivity index (χ3n) is 5.06. The van der Waals surface area contributed by atoms with Crippen molar-refractivity contribution in [1.29, 1.82) is 0 Å². The SMILES string of the molecule is O=S(=O)(CCCOc1ccccc1)N1CCCc2cnc(N3CCOCC3)nc21. The maximum atomic E-state index is 13.0. The fourth-order valence-corrected chi connectivity index (χ4v) is 5.08. The molecule has 0 N–H and O–H groups in total. The van der Waals surface area contributed by atoms with Crippen molar-refractivity contribution in [2.75, 3.05) is 54.4 Å². The molecule has 2 aliphatic heterocycles. The van der Waals surface area contributed by atoms with Gasteiger partial charge < -0.3 is 14.4 Å². The number of ether oxygens (including phenoxy) is 2. The van der Waals surface area contributed by atoms with Crippen LogP contribution in [-0.2, 0) is 21.2 Å². The van der Waals surface area contributed by atoms with E-state index < -0.39 is 10.0 Å². The van der Waals surface area contributed by atoms with Crippen molar-refractivity contribution in [3.63, 3.8) is 0 Å². The molecular formula is C20H26N4O4S. The van der Waals surface area contributed by atoms with Gasteiger partial charge in [0.1, 0.15) is 5.75 Å². The number of benzene rings is 1. The molecule has 1 aromatic heterocycles. The molecule has 1 fully saturated rings.